The Kier molecular flexibility index (Phi) is 4.14. The fourth-order valence-electron chi connectivity index (χ4n) is 5.95. The lowest BCUT2D eigenvalue weighted by Crippen LogP contribution is -2.42. The first kappa shape index (κ1) is 16.7. The van der Waals surface area contributed by atoms with Crippen molar-refractivity contribution in [3.63, 3.8) is 0 Å². The van der Waals surface area contributed by atoms with Crippen molar-refractivity contribution in [2.75, 3.05) is 6.61 Å². The summed E-state index contributed by atoms with van der Waals surface area (Å²) in [7, 11) is 0. The van der Waals surface area contributed by atoms with Crippen molar-refractivity contribution in [2.45, 2.75) is 64.7 Å². The molecule has 2 nitrogen and oxygen atoms in total. The highest BCUT2D eigenvalue weighted by Gasteiger charge is 2.54. The number of Topliss-reactive ketones (excluding diaryl/α,β-unsaturated/α-hetero) is 1. The van der Waals surface area contributed by atoms with Crippen LogP contribution in [-0.4, -0.2) is 12.4 Å². The van der Waals surface area contributed by atoms with E-state index in [1.807, 2.05) is 0 Å². The van der Waals surface area contributed by atoms with Gasteiger partial charge in [0.25, 0.3) is 0 Å². The monoisotopic (exact) mass is 336 g/mol. The molecule has 4 atom stereocenters. The fourth-order valence-corrected chi connectivity index (χ4v) is 5.95. The van der Waals surface area contributed by atoms with Crippen molar-refractivity contribution in [2.24, 2.45) is 17.3 Å². The Hall–Kier alpha value is -1.75. The number of terminal acetylenes is 1. The Morgan fingerprint density at radius 2 is 2.12 bits per heavy atom. The minimum Gasteiger partial charge on any atom is -0.481 e. The van der Waals surface area contributed by atoms with Crippen molar-refractivity contribution in [3.8, 4) is 18.1 Å². The van der Waals surface area contributed by atoms with Crippen LogP contribution in [0.2, 0.25) is 0 Å². The van der Waals surface area contributed by atoms with Crippen LogP contribution < -0.4 is 4.74 Å². The molecule has 0 heterocycles. The van der Waals surface area contributed by atoms with E-state index in [-0.39, 0.29) is 5.41 Å². The maximum atomic E-state index is 12.5. The molecule has 2 fully saturated rings. The number of rotatable bonds is 3. The molecule has 0 unspecified atom stereocenters. The Balaban J connectivity index is 1.69. The molecule has 2 heteroatoms. The van der Waals surface area contributed by atoms with Gasteiger partial charge in [-0.1, -0.05) is 25.8 Å². The lowest BCUT2D eigenvalue weighted by Gasteiger charge is -2.48. The van der Waals surface area contributed by atoms with E-state index in [2.05, 4.69) is 31.9 Å². The molecule has 132 valence electrons. The Morgan fingerprint density at radius 3 is 2.88 bits per heavy atom. The summed E-state index contributed by atoms with van der Waals surface area (Å²) in [5, 5.41) is 0. The lowest BCUT2D eigenvalue weighted by molar-refractivity contribution is -0.129. The third-order valence-corrected chi connectivity index (χ3v) is 7.31. The third-order valence-electron chi connectivity index (χ3n) is 7.31. The number of fused-ring (bicyclic) bond motifs is 5. The summed E-state index contributed by atoms with van der Waals surface area (Å²) < 4.78 is 5.80. The summed E-state index contributed by atoms with van der Waals surface area (Å²) in [6.45, 7) is 4.76. The van der Waals surface area contributed by atoms with Gasteiger partial charge in [0.05, 0.1) is 0 Å². The van der Waals surface area contributed by atoms with Gasteiger partial charge in [0, 0.05) is 11.8 Å². The highest BCUT2D eigenvalue weighted by molar-refractivity contribution is 5.87. The summed E-state index contributed by atoms with van der Waals surface area (Å²) in [6.07, 6.45) is 12.8. The van der Waals surface area contributed by atoms with Gasteiger partial charge in [-0.25, -0.2) is 0 Å². The zero-order valence-corrected chi connectivity index (χ0v) is 15.4. The van der Waals surface area contributed by atoms with Gasteiger partial charge in [0.2, 0.25) is 0 Å². The van der Waals surface area contributed by atoms with E-state index in [1.165, 1.54) is 23.1 Å². The smallest absolute Gasteiger partial charge is 0.148 e. The average molecular weight is 336 g/mol. The third kappa shape index (κ3) is 2.51. The summed E-state index contributed by atoms with van der Waals surface area (Å²) in [6, 6.07) is 4.63. The van der Waals surface area contributed by atoms with Crippen LogP contribution in [0.3, 0.4) is 0 Å². The molecule has 3 aliphatic carbocycles. The molecule has 0 bridgehead atoms. The number of benzene rings is 1. The standard InChI is InChI=1S/C23H28O2/c1-4-12-25-21-14-16-6-7-18-17(19(16)13-15(21)5-2)10-11-23(3)20(18)8-9-22(23)24/h1,13-14,17-18,20H,5-12H2,2-3H3/t17-,18+,20-,23-/m0/s1. The van der Waals surface area contributed by atoms with E-state index >= 15 is 0 Å². The summed E-state index contributed by atoms with van der Waals surface area (Å²) in [5.74, 6) is 5.96. The molecule has 0 saturated heterocycles. The molecule has 0 aliphatic heterocycles. The highest BCUT2D eigenvalue weighted by atomic mass is 16.5. The first-order valence-electron chi connectivity index (χ1n) is 9.83. The molecule has 0 aromatic heterocycles. The molecule has 0 spiro atoms. The summed E-state index contributed by atoms with van der Waals surface area (Å²) in [4.78, 5) is 12.5. The van der Waals surface area contributed by atoms with Crippen molar-refractivity contribution < 1.29 is 9.53 Å². The zero-order chi connectivity index (χ0) is 17.6. The Labute approximate surface area is 151 Å². The van der Waals surface area contributed by atoms with Crippen molar-refractivity contribution in [1.82, 2.24) is 0 Å². The van der Waals surface area contributed by atoms with Crippen LogP contribution in [0.25, 0.3) is 0 Å². The normalized spacial score (nSPS) is 33.2. The predicted molar refractivity (Wildman–Crippen MR) is 99.8 cm³/mol. The van der Waals surface area contributed by atoms with Gasteiger partial charge in [0.1, 0.15) is 18.1 Å². The van der Waals surface area contributed by atoms with Crippen LogP contribution in [0.4, 0.5) is 0 Å². The maximum Gasteiger partial charge on any atom is 0.148 e. The highest BCUT2D eigenvalue weighted by Crippen LogP contribution is 2.59. The van der Waals surface area contributed by atoms with Gasteiger partial charge in [0.15, 0.2) is 0 Å². The topological polar surface area (TPSA) is 26.3 Å². The van der Waals surface area contributed by atoms with Gasteiger partial charge < -0.3 is 4.74 Å². The molecule has 0 amide bonds. The minimum atomic E-state index is -0.0396. The SMILES string of the molecule is C#CCOc1cc2c(cc1CC)[C@H]1CC[C@]3(C)C(=O)CC[C@H]3[C@@H]1CC2. The second kappa shape index (κ2) is 6.20. The second-order valence-corrected chi connectivity index (χ2v) is 8.34. The van der Waals surface area contributed by atoms with Crippen molar-refractivity contribution in [1.29, 1.82) is 0 Å². The molecule has 0 N–H and O–H groups in total. The van der Waals surface area contributed by atoms with E-state index in [9.17, 15) is 4.79 Å². The van der Waals surface area contributed by atoms with E-state index in [0.29, 0.717) is 30.1 Å². The van der Waals surface area contributed by atoms with Crippen LogP contribution in [-0.2, 0) is 17.6 Å². The fraction of sp³-hybridized carbons (Fsp3) is 0.609. The molecule has 2 saturated carbocycles. The summed E-state index contributed by atoms with van der Waals surface area (Å²) in [5.41, 5.74) is 4.20. The number of hydrogen-bond donors (Lipinski definition) is 0. The molecular formula is C23H28O2. The van der Waals surface area contributed by atoms with Gasteiger partial charge in [-0.2, -0.15) is 0 Å². The minimum absolute atomic E-state index is 0.0396. The molecule has 4 rings (SSSR count). The molecule has 1 aromatic rings. The Bertz CT molecular complexity index is 741. The van der Waals surface area contributed by atoms with Crippen molar-refractivity contribution >= 4 is 5.78 Å². The van der Waals surface area contributed by atoms with E-state index < -0.39 is 0 Å². The molecule has 3 aliphatic rings. The zero-order valence-electron chi connectivity index (χ0n) is 15.4. The number of carbonyl (C=O) groups excluding carboxylic acids is 1. The molecule has 25 heavy (non-hydrogen) atoms. The Morgan fingerprint density at radius 1 is 1.28 bits per heavy atom. The van der Waals surface area contributed by atoms with E-state index in [4.69, 9.17) is 11.2 Å². The van der Waals surface area contributed by atoms with E-state index in [1.54, 1.807) is 0 Å². The number of aryl methyl sites for hydroxylation is 2. The molecular weight excluding hydrogens is 308 g/mol. The first-order valence-corrected chi connectivity index (χ1v) is 9.83. The van der Waals surface area contributed by atoms with Gasteiger partial charge in [-0.3, -0.25) is 4.79 Å². The van der Waals surface area contributed by atoms with Crippen LogP contribution in [0.5, 0.6) is 5.75 Å². The number of ketones is 1. The number of carbonyl (C=O) groups is 1. The largest absolute Gasteiger partial charge is 0.481 e. The van der Waals surface area contributed by atoms with Crippen LogP contribution in [0.1, 0.15) is 68.6 Å². The second-order valence-electron chi connectivity index (χ2n) is 8.34. The number of hydrogen-bond acceptors (Lipinski definition) is 2. The molecule has 1 aromatic carbocycles. The quantitative estimate of drug-likeness (QED) is 0.749. The van der Waals surface area contributed by atoms with Gasteiger partial charge in [-0.05, 0) is 79.0 Å². The van der Waals surface area contributed by atoms with Crippen LogP contribution in [0, 0.1) is 29.6 Å². The molecule has 0 radical (unpaired) electrons. The van der Waals surface area contributed by atoms with Gasteiger partial charge in [-0.15, -0.1) is 6.42 Å². The number of ether oxygens (including phenoxy) is 1. The van der Waals surface area contributed by atoms with Crippen LogP contribution >= 0.6 is 0 Å². The van der Waals surface area contributed by atoms with E-state index in [0.717, 1.165) is 44.3 Å². The maximum absolute atomic E-state index is 12.5. The predicted octanol–water partition coefficient (Wildman–Crippen LogP) is 4.69. The van der Waals surface area contributed by atoms with Crippen molar-refractivity contribution in [3.05, 3.63) is 28.8 Å². The van der Waals surface area contributed by atoms with Gasteiger partial charge >= 0.3 is 0 Å². The lowest BCUT2D eigenvalue weighted by atomic mass is 9.55. The average Bonchev–Trinajstić information content (AvgIpc) is 2.94. The first-order chi connectivity index (χ1) is 12.1. The van der Waals surface area contributed by atoms with Crippen LogP contribution in [0.15, 0.2) is 12.1 Å². The summed E-state index contributed by atoms with van der Waals surface area (Å²) >= 11 is 0.